The normalized spacial score (nSPS) is 17.5. The largest absolute Gasteiger partial charge is 0.495 e. The summed E-state index contributed by atoms with van der Waals surface area (Å²) in [6.45, 7) is 0. The zero-order valence-corrected chi connectivity index (χ0v) is 14.4. The molecule has 23 heavy (non-hydrogen) atoms. The number of hydrogen-bond acceptors (Lipinski definition) is 4. The third-order valence-corrected chi connectivity index (χ3v) is 5.59. The number of carbonyl (C=O) groups is 1. The van der Waals surface area contributed by atoms with Gasteiger partial charge in [-0.2, -0.15) is 0 Å². The lowest BCUT2D eigenvalue weighted by atomic mass is 10.1. The minimum Gasteiger partial charge on any atom is -0.495 e. The fraction of sp³-hybridized carbons (Fsp3) is 0.438. The monoisotopic (exact) mass is 338 g/mol. The van der Waals surface area contributed by atoms with Crippen LogP contribution in [0.1, 0.15) is 19.3 Å². The van der Waals surface area contributed by atoms with Crippen molar-refractivity contribution < 1.29 is 17.9 Å². The molecular weight excluding hydrogens is 316 g/mol. The molecule has 1 aromatic rings. The first kappa shape index (κ1) is 17.5. The molecule has 1 N–H and O–H groups in total. The molecule has 0 aliphatic heterocycles. The molecule has 0 saturated heterocycles. The van der Waals surface area contributed by atoms with E-state index >= 15 is 0 Å². The molecule has 0 saturated carbocycles. The summed E-state index contributed by atoms with van der Waals surface area (Å²) < 4.78 is 30.8. The summed E-state index contributed by atoms with van der Waals surface area (Å²) in [5.74, 6) is 0.520. The molecule has 1 aliphatic carbocycles. The van der Waals surface area contributed by atoms with Crippen molar-refractivity contribution in [3.63, 3.8) is 0 Å². The summed E-state index contributed by atoms with van der Waals surface area (Å²) in [5, 5.41) is 2.76. The molecule has 0 spiro atoms. The van der Waals surface area contributed by atoms with Gasteiger partial charge in [-0.05, 0) is 37.0 Å². The molecule has 1 aliphatic rings. The van der Waals surface area contributed by atoms with Crippen molar-refractivity contribution in [1.29, 1.82) is 0 Å². The predicted molar refractivity (Wildman–Crippen MR) is 89.0 cm³/mol. The standard InChI is InChI=1S/C16H22N2O4S/c1-18(2)23(20,21)13-8-9-15(22-3)14(11-13)17-16(19)10-12-6-4-5-7-12/h4,6,8-9,11-12H,5,7,10H2,1-3H3,(H,17,19)/t12-/m1/s1. The van der Waals surface area contributed by atoms with Crippen LogP contribution in [0.3, 0.4) is 0 Å². The second-order valence-electron chi connectivity index (χ2n) is 5.67. The van der Waals surface area contributed by atoms with Gasteiger partial charge in [0.1, 0.15) is 5.75 Å². The zero-order valence-electron chi connectivity index (χ0n) is 13.6. The SMILES string of the molecule is COc1ccc(S(=O)(=O)N(C)C)cc1NC(=O)C[C@@H]1C=CCC1. The molecule has 126 valence electrons. The predicted octanol–water partition coefficient (Wildman–Crippen LogP) is 2.24. The minimum atomic E-state index is -3.57. The van der Waals surface area contributed by atoms with Crippen LogP contribution in [0.2, 0.25) is 0 Å². The molecule has 1 aromatic carbocycles. The lowest BCUT2D eigenvalue weighted by molar-refractivity contribution is -0.116. The number of allylic oxidation sites excluding steroid dienone is 2. The number of carbonyl (C=O) groups excluding carboxylic acids is 1. The van der Waals surface area contributed by atoms with E-state index in [0.717, 1.165) is 17.1 Å². The summed E-state index contributed by atoms with van der Waals surface area (Å²) >= 11 is 0. The Bertz CT molecular complexity index is 711. The number of nitrogens with zero attached hydrogens (tertiary/aromatic N) is 1. The summed E-state index contributed by atoms with van der Waals surface area (Å²) in [4.78, 5) is 12.3. The summed E-state index contributed by atoms with van der Waals surface area (Å²) in [6, 6.07) is 4.43. The number of ether oxygens (including phenoxy) is 1. The van der Waals surface area contributed by atoms with Gasteiger partial charge in [0.2, 0.25) is 15.9 Å². The van der Waals surface area contributed by atoms with Gasteiger partial charge in [0.25, 0.3) is 0 Å². The number of sulfonamides is 1. The van der Waals surface area contributed by atoms with E-state index in [2.05, 4.69) is 11.4 Å². The van der Waals surface area contributed by atoms with Crippen LogP contribution in [0, 0.1) is 5.92 Å². The van der Waals surface area contributed by atoms with Crippen LogP contribution in [-0.2, 0) is 14.8 Å². The van der Waals surface area contributed by atoms with Crippen LogP contribution in [-0.4, -0.2) is 39.8 Å². The highest BCUT2D eigenvalue weighted by atomic mass is 32.2. The Labute approximate surface area is 137 Å². The van der Waals surface area contributed by atoms with E-state index in [0.29, 0.717) is 17.9 Å². The quantitative estimate of drug-likeness (QED) is 0.807. The highest BCUT2D eigenvalue weighted by molar-refractivity contribution is 7.89. The van der Waals surface area contributed by atoms with Gasteiger partial charge in [-0.3, -0.25) is 4.79 Å². The Balaban J connectivity index is 2.22. The van der Waals surface area contributed by atoms with Gasteiger partial charge >= 0.3 is 0 Å². The van der Waals surface area contributed by atoms with Gasteiger partial charge in [-0.25, -0.2) is 12.7 Å². The molecule has 0 aromatic heterocycles. The van der Waals surface area contributed by atoms with Crippen molar-refractivity contribution in [1.82, 2.24) is 4.31 Å². The first-order valence-corrected chi connectivity index (χ1v) is 8.85. The zero-order chi connectivity index (χ0) is 17.0. The van der Waals surface area contributed by atoms with E-state index in [4.69, 9.17) is 4.74 Å². The van der Waals surface area contributed by atoms with Crippen LogP contribution in [0.5, 0.6) is 5.75 Å². The number of nitrogens with one attached hydrogen (secondary N) is 1. The topological polar surface area (TPSA) is 75.7 Å². The number of benzene rings is 1. The van der Waals surface area contributed by atoms with E-state index in [-0.39, 0.29) is 16.7 Å². The average Bonchev–Trinajstić information content (AvgIpc) is 2.99. The number of hydrogen-bond donors (Lipinski definition) is 1. The van der Waals surface area contributed by atoms with Gasteiger partial charge in [0.15, 0.2) is 0 Å². The Hall–Kier alpha value is -1.86. The van der Waals surface area contributed by atoms with E-state index < -0.39 is 10.0 Å². The Morgan fingerprint density at radius 3 is 2.70 bits per heavy atom. The van der Waals surface area contributed by atoms with Crippen molar-refractivity contribution in [2.45, 2.75) is 24.2 Å². The Morgan fingerprint density at radius 2 is 2.13 bits per heavy atom. The van der Waals surface area contributed by atoms with Gasteiger partial charge in [0, 0.05) is 20.5 Å². The van der Waals surface area contributed by atoms with Crippen molar-refractivity contribution in [3.8, 4) is 5.75 Å². The second-order valence-corrected chi connectivity index (χ2v) is 7.82. The highest BCUT2D eigenvalue weighted by Gasteiger charge is 2.20. The van der Waals surface area contributed by atoms with Crippen LogP contribution in [0.15, 0.2) is 35.2 Å². The molecule has 7 heteroatoms. The maximum absolute atomic E-state index is 12.2. The van der Waals surface area contributed by atoms with E-state index in [1.54, 1.807) is 6.07 Å². The maximum atomic E-state index is 12.2. The molecule has 0 heterocycles. The first-order chi connectivity index (χ1) is 10.8. The molecule has 6 nitrogen and oxygen atoms in total. The van der Waals surface area contributed by atoms with Crippen LogP contribution >= 0.6 is 0 Å². The molecule has 1 atom stereocenters. The molecule has 0 unspecified atom stereocenters. The van der Waals surface area contributed by atoms with Gasteiger partial charge in [-0.15, -0.1) is 0 Å². The van der Waals surface area contributed by atoms with Crippen molar-refractivity contribution in [2.24, 2.45) is 5.92 Å². The number of rotatable bonds is 6. The Morgan fingerprint density at radius 1 is 1.39 bits per heavy atom. The van der Waals surface area contributed by atoms with E-state index in [1.165, 1.54) is 33.3 Å². The third-order valence-electron chi connectivity index (χ3n) is 3.78. The van der Waals surface area contributed by atoms with Crippen molar-refractivity contribution in [2.75, 3.05) is 26.5 Å². The summed E-state index contributed by atoms with van der Waals surface area (Å²) in [6.07, 6.45) is 6.47. The average molecular weight is 338 g/mol. The number of methoxy groups -OCH3 is 1. The molecule has 1 amide bonds. The van der Waals surface area contributed by atoms with E-state index in [1.807, 2.05) is 6.08 Å². The summed E-state index contributed by atoms with van der Waals surface area (Å²) in [5.41, 5.74) is 0.363. The third kappa shape index (κ3) is 4.11. The van der Waals surface area contributed by atoms with Gasteiger partial charge in [0.05, 0.1) is 17.7 Å². The van der Waals surface area contributed by atoms with Gasteiger partial charge < -0.3 is 10.1 Å². The molecule has 0 bridgehead atoms. The lowest BCUT2D eigenvalue weighted by Crippen LogP contribution is -2.22. The smallest absolute Gasteiger partial charge is 0.242 e. The molecular formula is C16H22N2O4S. The van der Waals surface area contributed by atoms with Crippen LogP contribution in [0.4, 0.5) is 5.69 Å². The maximum Gasteiger partial charge on any atom is 0.242 e. The minimum absolute atomic E-state index is 0.111. The Kier molecular flexibility index (Phi) is 5.43. The van der Waals surface area contributed by atoms with Crippen molar-refractivity contribution >= 4 is 21.6 Å². The fourth-order valence-corrected chi connectivity index (χ4v) is 3.39. The number of amides is 1. The molecule has 2 rings (SSSR count). The van der Waals surface area contributed by atoms with Crippen LogP contribution in [0.25, 0.3) is 0 Å². The second kappa shape index (κ2) is 7.14. The summed E-state index contributed by atoms with van der Waals surface area (Å²) in [7, 11) is 0.835. The number of anilines is 1. The highest BCUT2D eigenvalue weighted by Crippen LogP contribution is 2.29. The van der Waals surface area contributed by atoms with Crippen LogP contribution < -0.4 is 10.1 Å². The first-order valence-electron chi connectivity index (χ1n) is 7.41. The molecule has 0 radical (unpaired) electrons. The van der Waals surface area contributed by atoms with Gasteiger partial charge in [-0.1, -0.05) is 12.2 Å². The molecule has 0 fully saturated rings. The van der Waals surface area contributed by atoms with Crippen molar-refractivity contribution in [3.05, 3.63) is 30.4 Å². The lowest BCUT2D eigenvalue weighted by Gasteiger charge is -2.15. The van der Waals surface area contributed by atoms with E-state index in [9.17, 15) is 13.2 Å². The fourth-order valence-electron chi connectivity index (χ4n) is 2.46.